The highest BCUT2D eigenvalue weighted by Crippen LogP contribution is 2.32. The zero-order valence-corrected chi connectivity index (χ0v) is 16.3. The minimum Gasteiger partial charge on any atom is -0.357 e. The largest absolute Gasteiger partial charge is 0.357 e. The van der Waals surface area contributed by atoms with Gasteiger partial charge in [-0.3, -0.25) is 4.79 Å². The number of aryl methyl sites for hydroxylation is 2. The summed E-state index contributed by atoms with van der Waals surface area (Å²) in [5.41, 5.74) is 4.43. The van der Waals surface area contributed by atoms with Gasteiger partial charge in [0.1, 0.15) is 0 Å². The first-order valence-electron chi connectivity index (χ1n) is 9.30. The van der Waals surface area contributed by atoms with Crippen LogP contribution in [0.2, 0.25) is 0 Å². The van der Waals surface area contributed by atoms with E-state index in [1.165, 1.54) is 28.2 Å². The van der Waals surface area contributed by atoms with Crippen LogP contribution >= 0.6 is 11.8 Å². The number of nitrogens with zero attached hydrogens (tertiary/aromatic N) is 1. The zero-order valence-electron chi connectivity index (χ0n) is 15.5. The van der Waals surface area contributed by atoms with E-state index in [4.69, 9.17) is 0 Å². The molecule has 5 heteroatoms. The second kappa shape index (κ2) is 7.53. The van der Waals surface area contributed by atoms with E-state index < -0.39 is 0 Å². The Morgan fingerprint density at radius 3 is 2.67 bits per heavy atom. The van der Waals surface area contributed by atoms with Crippen molar-refractivity contribution in [3.63, 3.8) is 0 Å². The molecule has 2 N–H and O–H groups in total. The summed E-state index contributed by atoms with van der Waals surface area (Å²) in [4.78, 5) is 13.2. The molecule has 0 radical (unpaired) electrons. The van der Waals surface area contributed by atoms with Crippen LogP contribution in [0.5, 0.6) is 0 Å². The van der Waals surface area contributed by atoms with Crippen molar-refractivity contribution in [3.8, 4) is 0 Å². The lowest BCUT2D eigenvalue weighted by atomic mass is 10.1. The smallest absolute Gasteiger partial charge is 0.260 e. The molecule has 3 aromatic rings. The van der Waals surface area contributed by atoms with Crippen LogP contribution < -0.4 is 10.6 Å². The van der Waals surface area contributed by atoms with Gasteiger partial charge in [0.2, 0.25) is 0 Å². The van der Waals surface area contributed by atoms with E-state index in [1.54, 1.807) is 0 Å². The number of hydrogen-bond donors (Lipinski definition) is 2. The van der Waals surface area contributed by atoms with Gasteiger partial charge in [-0.05, 0) is 43.2 Å². The van der Waals surface area contributed by atoms with Crippen LogP contribution in [-0.2, 0) is 17.8 Å². The number of rotatable bonds is 5. The standard InChI is InChI=1S/C22H23N3OS/c1-3-15-9-11-17(12-10-15)23-22-24-21(26)20(27-22)13-16-14-25(4-2)19-8-6-5-7-18(16)19/h5-14,22-23H,3-4H2,1-2H3,(H,24,26)/b20-13-/t22-/m0/s1. The molecule has 1 amide bonds. The average Bonchev–Trinajstić information content (AvgIpc) is 3.23. The Bertz CT molecular complexity index is 1000. The Labute approximate surface area is 163 Å². The fourth-order valence-electron chi connectivity index (χ4n) is 3.35. The molecule has 0 bridgehead atoms. The van der Waals surface area contributed by atoms with Crippen molar-refractivity contribution in [3.05, 3.63) is 70.8 Å². The molecule has 138 valence electrons. The molecular formula is C22H23N3OS. The van der Waals surface area contributed by atoms with E-state index in [0.29, 0.717) is 0 Å². The summed E-state index contributed by atoms with van der Waals surface area (Å²) < 4.78 is 2.21. The number of aromatic nitrogens is 1. The van der Waals surface area contributed by atoms with Gasteiger partial charge in [0.25, 0.3) is 5.91 Å². The fraction of sp³-hybridized carbons (Fsp3) is 0.227. The van der Waals surface area contributed by atoms with E-state index in [9.17, 15) is 4.79 Å². The molecule has 4 nitrogen and oxygen atoms in total. The van der Waals surface area contributed by atoms with Gasteiger partial charge in [-0.1, -0.05) is 49.0 Å². The normalized spacial score (nSPS) is 18.2. The average molecular weight is 378 g/mol. The lowest BCUT2D eigenvalue weighted by Gasteiger charge is -2.12. The second-order valence-corrected chi connectivity index (χ2v) is 7.71. The number of hydrogen-bond acceptors (Lipinski definition) is 3. The van der Waals surface area contributed by atoms with E-state index in [2.05, 4.69) is 71.6 Å². The summed E-state index contributed by atoms with van der Waals surface area (Å²) in [5, 5.41) is 7.56. The van der Waals surface area contributed by atoms with Gasteiger partial charge in [-0.15, -0.1) is 0 Å². The van der Waals surface area contributed by atoms with E-state index in [-0.39, 0.29) is 11.4 Å². The number of carbonyl (C=O) groups excluding carboxylic acids is 1. The first kappa shape index (κ1) is 17.7. The molecule has 1 aromatic heterocycles. The molecule has 1 atom stereocenters. The van der Waals surface area contributed by atoms with Crippen LogP contribution in [0.4, 0.5) is 5.69 Å². The van der Waals surface area contributed by atoms with Gasteiger partial charge in [0, 0.05) is 34.9 Å². The predicted molar refractivity (Wildman–Crippen MR) is 115 cm³/mol. The summed E-state index contributed by atoms with van der Waals surface area (Å²) in [7, 11) is 0. The Hall–Kier alpha value is -2.66. The van der Waals surface area contributed by atoms with E-state index in [1.807, 2.05) is 18.2 Å². The van der Waals surface area contributed by atoms with Gasteiger partial charge in [0.05, 0.1) is 4.91 Å². The molecule has 0 saturated carbocycles. The van der Waals surface area contributed by atoms with Crippen LogP contribution in [-0.4, -0.2) is 16.0 Å². The fourth-order valence-corrected chi connectivity index (χ4v) is 4.32. The van der Waals surface area contributed by atoms with Crippen molar-refractivity contribution in [2.24, 2.45) is 0 Å². The van der Waals surface area contributed by atoms with Gasteiger partial charge in [0.15, 0.2) is 5.50 Å². The lowest BCUT2D eigenvalue weighted by molar-refractivity contribution is -0.116. The monoisotopic (exact) mass is 377 g/mol. The molecule has 27 heavy (non-hydrogen) atoms. The molecule has 1 saturated heterocycles. The Morgan fingerprint density at radius 2 is 1.93 bits per heavy atom. The maximum Gasteiger partial charge on any atom is 0.260 e. The number of benzene rings is 2. The van der Waals surface area contributed by atoms with Crippen LogP contribution in [0, 0.1) is 0 Å². The quantitative estimate of drug-likeness (QED) is 0.627. The number of amides is 1. The van der Waals surface area contributed by atoms with Crippen LogP contribution in [0.25, 0.3) is 17.0 Å². The van der Waals surface area contributed by atoms with Gasteiger partial charge in [-0.25, -0.2) is 0 Å². The number of para-hydroxylation sites is 1. The predicted octanol–water partition coefficient (Wildman–Crippen LogP) is 4.82. The summed E-state index contributed by atoms with van der Waals surface area (Å²) in [6, 6.07) is 16.6. The third-order valence-electron chi connectivity index (χ3n) is 4.84. The van der Waals surface area contributed by atoms with Crippen molar-refractivity contribution in [2.45, 2.75) is 32.3 Å². The van der Waals surface area contributed by atoms with E-state index in [0.717, 1.165) is 29.1 Å². The first-order chi connectivity index (χ1) is 13.2. The van der Waals surface area contributed by atoms with Crippen molar-refractivity contribution in [1.29, 1.82) is 0 Å². The number of thioether (sulfide) groups is 1. The molecule has 1 aliphatic heterocycles. The molecule has 1 aliphatic rings. The zero-order chi connectivity index (χ0) is 18.8. The number of anilines is 1. The number of nitrogens with one attached hydrogen (secondary N) is 2. The molecular weight excluding hydrogens is 354 g/mol. The Kier molecular flexibility index (Phi) is 4.94. The maximum absolute atomic E-state index is 12.4. The molecule has 0 aliphatic carbocycles. The minimum absolute atomic E-state index is 0.0315. The minimum atomic E-state index is -0.157. The van der Waals surface area contributed by atoms with Gasteiger partial charge in [-0.2, -0.15) is 0 Å². The van der Waals surface area contributed by atoms with Crippen molar-refractivity contribution in [2.75, 3.05) is 5.32 Å². The van der Waals surface area contributed by atoms with Gasteiger partial charge >= 0.3 is 0 Å². The number of fused-ring (bicyclic) bond motifs is 1. The van der Waals surface area contributed by atoms with Crippen LogP contribution in [0.1, 0.15) is 25.0 Å². The highest BCUT2D eigenvalue weighted by atomic mass is 32.2. The molecule has 0 spiro atoms. The third-order valence-corrected chi connectivity index (χ3v) is 5.87. The maximum atomic E-state index is 12.4. The van der Waals surface area contributed by atoms with Crippen LogP contribution in [0.3, 0.4) is 0 Å². The molecule has 4 rings (SSSR count). The van der Waals surface area contributed by atoms with Crippen molar-refractivity contribution in [1.82, 2.24) is 9.88 Å². The van der Waals surface area contributed by atoms with Crippen LogP contribution in [0.15, 0.2) is 59.6 Å². The van der Waals surface area contributed by atoms with Crippen molar-refractivity contribution >= 4 is 40.3 Å². The molecule has 2 heterocycles. The topological polar surface area (TPSA) is 46.1 Å². The molecule has 2 aromatic carbocycles. The molecule has 0 unspecified atom stereocenters. The third kappa shape index (κ3) is 3.60. The first-order valence-corrected chi connectivity index (χ1v) is 10.2. The SMILES string of the molecule is CCc1ccc(N[C@H]2NC(=O)/C(=C/c3cn(CC)c4ccccc34)S2)cc1. The summed E-state index contributed by atoms with van der Waals surface area (Å²) >= 11 is 1.52. The highest BCUT2D eigenvalue weighted by molar-refractivity contribution is 8.05. The summed E-state index contributed by atoms with van der Waals surface area (Å²) in [5.74, 6) is -0.0315. The molecule has 1 fully saturated rings. The Balaban J connectivity index is 1.55. The van der Waals surface area contributed by atoms with E-state index >= 15 is 0 Å². The van der Waals surface area contributed by atoms with Crippen molar-refractivity contribution < 1.29 is 4.79 Å². The Morgan fingerprint density at radius 1 is 1.15 bits per heavy atom. The summed E-state index contributed by atoms with van der Waals surface area (Å²) in [6.07, 6.45) is 5.14. The second-order valence-electron chi connectivity index (χ2n) is 6.56. The highest BCUT2D eigenvalue weighted by Gasteiger charge is 2.27. The summed E-state index contributed by atoms with van der Waals surface area (Å²) in [6.45, 7) is 5.17. The van der Waals surface area contributed by atoms with Gasteiger partial charge < -0.3 is 15.2 Å². The number of carbonyl (C=O) groups is 1. The lowest BCUT2D eigenvalue weighted by Crippen LogP contribution is -2.30.